The number of nitrogens with zero attached hydrogens (tertiary/aromatic N) is 4. The van der Waals surface area contributed by atoms with Gasteiger partial charge in [0.25, 0.3) is 0 Å². The van der Waals surface area contributed by atoms with Crippen molar-refractivity contribution in [2.45, 2.75) is 38.3 Å². The van der Waals surface area contributed by atoms with Crippen LogP contribution in [0.4, 0.5) is 5.95 Å². The van der Waals surface area contributed by atoms with E-state index in [1.165, 1.54) is 18.4 Å². The molecule has 112 valence electrons. The lowest BCUT2D eigenvalue weighted by Gasteiger charge is -2.18. The van der Waals surface area contributed by atoms with Crippen LogP contribution in [-0.4, -0.2) is 33.6 Å². The second kappa shape index (κ2) is 6.52. The smallest absolute Gasteiger partial charge is 0.232 e. The van der Waals surface area contributed by atoms with Crippen molar-refractivity contribution in [2.75, 3.05) is 23.7 Å². The molecule has 5 heteroatoms. The van der Waals surface area contributed by atoms with Crippen molar-refractivity contribution in [1.29, 1.82) is 0 Å². The van der Waals surface area contributed by atoms with Crippen LogP contribution in [0.15, 0.2) is 29.4 Å². The van der Waals surface area contributed by atoms with E-state index in [2.05, 4.69) is 57.8 Å². The first-order chi connectivity index (χ1) is 10.3. The first-order valence-corrected chi connectivity index (χ1v) is 8.68. The van der Waals surface area contributed by atoms with Crippen LogP contribution in [0.3, 0.4) is 0 Å². The second-order valence-corrected chi connectivity index (χ2v) is 6.56. The number of aromatic nitrogens is 3. The van der Waals surface area contributed by atoms with Gasteiger partial charge in [0.15, 0.2) is 5.16 Å². The molecule has 1 aliphatic heterocycles. The predicted octanol–water partition coefficient (Wildman–Crippen LogP) is 3.68. The molecule has 0 unspecified atom stereocenters. The van der Waals surface area contributed by atoms with Crippen LogP contribution in [0, 0.1) is 6.92 Å². The lowest BCUT2D eigenvalue weighted by Crippen LogP contribution is -2.22. The van der Waals surface area contributed by atoms with Crippen LogP contribution in [0.2, 0.25) is 0 Å². The molecular formula is C16H22N4S. The SMILES string of the molecule is CCCSc1nnc(N2CCCC2)n1-c1ccc(C)cc1. The summed E-state index contributed by atoms with van der Waals surface area (Å²) < 4.78 is 2.21. The van der Waals surface area contributed by atoms with E-state index in [1.807, 2.05) is 0 Å². The highest BCUT2D eigenvalue weighted by atomic mass is 32.2. The van der Waals surface area contributed by atoms with Gasteiger partial charge >= 0.3 is 0 Å². The third kappa shape index (κ3) is 3.07. The molecule has 1 aliphatic rings. The van der Waals surface area contributed by atoms with Gasteiger partial charge in [0.2, 0.25) is 5.95 Å². The number of aryl methyl sites for hydroxylation is 1. The first-order valence-electron chi connectivity index (χ1n) is 7.70. The quantitative estimate of drug-likeness (QED) is 0.789. The van der Waals surface area contributed by atoms with E-state index >= 15 is 0 Å². The Morgan fingerprint density at radius 1 is 1.10 bits per heavy atom. The summed E-state index contributed by atoms with van der Waals surface area (Å²) in [4.78, 5) is 2.35. The Morgan fingerprint density at radius 3 is 2.48 bits per heavy atom. The van der Waals surface area contributed by atoms with Crippen molar-refractivity contribution in [3.8, 4) is 5.69 Å². The zero-order chi connectivity index (χ0) is 14.7. The zero-order valence-corrected chi connectivity index (χ0v) is 13.6. The number of hydrogen-bond donors (Lipinski definition) is 0. The van der Waals surface area contributed by atoms with Gasteiger partial charge in [-0.05, 0) is 38.3 Å². The van der Waals surface area contributed by atoms with Gasteiger partial charge in [-0.25, -0.2) is 0 Å². The maximum atomic E-state index is 4.47. The van der Waals surface area contributed by atoms with Crippen LogP contribution in [-0.2, 0) is 0 Å². The lowest BCUT2D eigenvalue weighted by atomic mass is 10.2. The molecule has 1 fully saturated rings. The largest absolute Gasteiger partial charge is 0.341 e. The lowest BCUT2D eigenvalue weighted by molar-refractivity contribution is 0.840. The van der Waals surface area contributed by atoms with E-state index in [1.54, 1.807) is 11.8 Å². The fourth-order valence-corrected chi connectivity index (χ4v) is 3.39. The Labute approximate surface area is 130 Å². The minimum Gasteiger partial charge on any atom is -0.341 e. The molecule has 1 aromatic heterocycles. The molecule has 0 amide bonds. The van der Waals surface area contributed by atoms with Crippen molar-refractivity contribution >= 4 is 17.7 Å². The summed E-state index contributed by atoms with van der Waals surface area (Å²) in [5, 5.41) is 9.90. The van der Waals surface area contributed by atoms with E-state index in [4.69, 9.17) is 0 Å². The molecule has 21 heavy (non-hydrogen) atoms. The number of anilines is 1. The average molecular weight is 302 g/mol. The van der Waals surface area contributed by atoms with Crippen LogP contribution >= 0.6 is 11.8 Å². The first kappa shape index (κ1) is 14.4. The molecule has 0 N–H and O–H groups in total. The molecule has 2 heterocycles. The summed E-state index contributed by atoms with van der Waals surface area (Å²) in [6.45, 7) is 6.48. The van der Waals surface area contributed by atoms with Crippen molar-refractivity contribution in [2.24, 2.45) is 0 Å². The Kier molecular flexibility index (Phi) is 4.48. The van der Waals surface area contributed by atoms with Gasteiger partial charge in [-0.1, -0.05) is 36.4 Å². The molecule has 4 nitrogen and oxygen atoms in total. The molecule has 1 aromatic carbocycles. The number of thioether (sulfide) groups is 1. The summed E-state index contributed by atoms with van der Waals surface area (Å²) in [5.74, 6) is 2.07. The minimum atomic E-state index is 0.995. The molecule has 0 radical (unpaired) electrons. The second-order valence-electron chi connectivity index (χ2n) is 5.50. The minimum absolute atomic E-state index is 0.995. The molecule has 0 bridgehead atoms. The third-order valence-electron chi connectivity index (χ3n) is 3.73. The van der Waals surface area contributed by atoms with Crippen LogP contribution in [0.1, 0.15) is 31.7 Å². The highest BCUT2D eigenvalue weighted by Gasteiger charge is 2.22. The third-order valence-corrected chi connectivity index (χ3v) is 4.87. The summed E-state index contributed by atoms with van der Waals surface area (Å²) in [6, 6.07) is 8.62. The van der Waals surface area contributed by atoms with Crippen LogP contribution in [0.25, 0.3) is 5.69 Å². The molecule has 0 saturated carbocycles. The Morgan fingerprint density at radius 2 is 1.81 bits per heavy atom. The highest BCUT2D eigenvalue weighted by molar-refractivity contribution is 7.99. The van der Waals surface area contributed by atoms with E-state index in [9.17, 15) is 0 Å². The molecule has 0 spiro atoms. The Bertz CT molecular complexity index is 585. The zero-order valence-electron chi connectivity index (χ0n) is 12.7. The highest BCUT2D eigenvalue weighted by Crippen LogP contribution is 2.28. The van der Waals surface area contributed by atoms with Gasteiger partial charge in [0.1, 0.15) is 0 Å². The summed E-state index contributed by atoms with van der Waals surface area (Å²) in [6.07, 6.45) is 3.64. The van der Waals surface area contributed by atoms with Gasteiger partial charge in [-0.15, -0.1) is 10.2 Å². The van der Waals surface area contributed by atoms with E-state index in [0.29, 0.717) is 0 Å². The van der Waals surface area contributed by atoms with Crippen LogP contribution < -0.4 is 4.90 Å². The van der Waals surface area contributed by atoms with Crippen molar-refractivity contribution in [3.63, 3.8) is 0 Å². The van der Waals surface area contributed by atoms with Gasteiger partial charge < -0.3 is 4.90 Å². The molecular weight excluding hydrogens is 280 g/mol. The van der Waals surface area contributed by atoms with Crippen molar-refractivity contribution < 1.29 is 0 Å². The Hall–Kier alpha value is -1.49. The topological polar surface area (TPSA) is 34.0 Å². The standard InChI is InChI=1S/C16H22N4S/c1-3-12-21-16-18-17-15(19-10-4-5-11-19)20(16)14-8-6-13(2)7-9-14/h6-9H,3-5,10-12H2,1-2H3. The van der Waals surface area contributed by atoms with Crippen molar-refractivity contribution in [3.05, 3.63) is 29.8 Å². The van der Waals surface area contributed by atoms with E-state index < -0.39 is 0 Å². The monoisotopic (exact) mass is 302 g/mol. The average Bonchev–Trinajstić information content (AvgIpc) is 3.15. The maximum absolute atomic E-state index is 4.47. The van der Waals surface area contributed by atoms with Crippen molar-refractivity contribution in [1.82, 2.24) is 14.8 Å². The fraction of sp³-hybridized carbons (Fsp3) is 0.500. The van der Waals surface area contributed by atoms with Gasteiger partial charge in [-0.2, -0.15) is 0 Å². The number of rotatable bonds is 5. The summed E-state index contributed by atoms with van der Waals surface area (Å²) in [5.41, 5.74) is 2.43. The maximum Gasteiger partial charge on any atom is 0.232 e. The number of benzene rings is 1. The van der Waals surface area contributed by atoms with Crippen LogP contribution in [0.5, 0.6) is 0 Å². The molecule has 0 aliphatic carbocycles. The van der Waals surface area contributed by atoms with E-state index in [0.717, 1.165) is 42.1 Å². The molecule has 0 atom stereocenters. The van der Waals surface area contributed by atoms with E-state index in [-0.39, 0.29) is 0 Å². The fourth-order valence-electron chi connectivity index (χ4n) is 2.59. The van der Waals surface area contributed by atoms with Gasteiger partial charge in [0.05, 0.1) is 5.69 Å². The predicted molar refractivity (Wildman–Crippen MR) is 88.6 cm³/mol. The van der Waals surface area contributed by atoms with Gasteiger partial charge in [0, 0.05) is 18.8 Å². The number of hydrogen-bond acceptors (Lipinski definition) is 4. The van der Waals surface area contributed by atoms with Gasteiger partial charge in [-0.3, -0.25) is 4.57 Å². The normalized spacial score (nSPS) is 14.9. The molecule has 1 saturated heterocycles. The summed E-state index contributed by atoms with van der Waals surface area (Å²) in [7, 11) is 0. The molecule has 3 rings (SSSR count). The molecule has 2 aromatic rings. The summed E-state index contributed by atoms with van der Waals surface area (Å²) >= 11 is 1.79. The Balaban J connectivity index is 2.00.